The van der Waals surface area contributed by atoms with E-state index in [0.29, 0.717) is 0 Å². The zero-order valence-electron chi connectivity index (χ0n) is 13.9. The number of hydrogen-bond donors (Lipinski definition) is 2. The topological polar surface area (TPSA) is 84.2 Å². The molecular weight excluding hydrogens is 306 g/mol. The predicted octanol–water partition coefficient (Wildman–Crippen LogP) is 2.41. The van der Waals surface area contributed by atoms with E-state index in [4.69, 9.17) is 0 Å². The van der Waals surface area contributed by atoms with Gasteiger partial charge in [-0.3, -0.25) is 9.59 Å². The van der Waals surface area contributed by atoms with Gasteiger partial charge in [0.2, 0.25) is 5.91 Å². The Morgan fingerprint density at radius 2 is 1.96 bits per heavy atom. The summed E-state index contributed by atoms with van der Waals surface area (Å²) in [6.45, 7) is 5.53. The third-order valence-electron chi connectivity index (χ3n) is 4.89. The number of carboxylic acid groups (broad SMARTS) is 1. The number of aliphatic carboxylic acids is 1. The summed E-state index contributed by atoms with van der Waals surface area (Å²) in [5.74, 6) is -2.24. The minimum absolute atomic E-state index is 0.213. The standard InChI is InChI=1S/C18H21N3O3/c1-11(20-16(22)14-15(17(23)24)18(14,2)3)12-7-4-5-8-13(12)21-10-6-9-19-21/h4-11,14-15H,1-3H3,(H,20,22)(H,23,24)/t11?,14-,15+/m0/s1. The van der Waals surface area contributed by atoms with Crippen LogP contribution in [0.4, 0.5) is 0 Å². The van der Waals surface area contributed by atoms with Gasteiger partial charge >= 0.3 is 5.97 Å². The highest BCUT2D eigenvalue weighted by Crippen LogP contribution is 2.58. The second kappa shape index (κ2) is 5.78. The van der Waals surface area contributed by atoms with Crippen LogP contribution in [0.5, 0.6) is 0 Å². The highest BCUT2D eigenvalue weighted by atomic mass is 16.4. The predicted molar refractivity (Wildman–Crippen MR) is 88.5 cm³/mol. The van der Waals surface area contributed by atoms with Crippen LogP contribution in [0, 0.1) is 17.3 Å². The normalized spacial score (nSPS) is 22.6. The van der Waals surface area contributed by atoms with E-state index >= 15 is 0 Å². The molecule has 24 heavy (non-hydrogen) atoms. The van der Waals surface area contributed by atoms with Crippen LogP contribution in [0.3, 0.4) is 0 Å². The molecule has 1 saturated carbocycles. The summed E-state index contributed by atoms with van der Waals surface area (Å²) < 4.78 is 1.75. The van der Waals surface area contributed by atoms with Gasteiger partial charge in [0.1, 0.15) is 0 Å². The van der Waals surface area contributed by atoms with E-state index in [0.717, 1.165) is 11.3 Å². The minimum Gasteiger partial charge on any atom is -0.481 e. The van der Waals surface area contributed by atoms with Gasteiger partial charge in [0.15, 0.2) is 0 Å². The molecule has 1 amide bonds. The first-order valence-electron chi connectivity index (χ1n) is 7.96. The third kappa shape index (κ3) is 2.68. The van der Waals surface area contributed by atoms with Crippen LogP contribution in [0.15, 0.2) is 42.7 Å². The first-order chi connectivity index (χ1) is 11.3. The first-order valence-corrected chi connectivity index (χ1v) is 7.96. The lowest BCUT2D eigenvalue weighted by molar-refractivity contribution is -0.140. The Labute approximate surface area is 140 Å². The molecule has 6 heteroatoms. The van der Waals surface area contributed by atoms with Crippen molar-refractivity contribution in [3.63, 3.8) is 0 Å². The summed E-state index contributed by atoms with van der Waals surface area (Å²) in [6.07, 6.45) is 3.54. The molecule has 6 nitrogen and oxygen atoms in total. The van der Waals surface area contributed by atoms with Gasteiger partial charge in [0.05, 0.1) is 23.6 Å². The van der Waals surface area contributed by atoms with Crippen molar-refractivity contribution in [1.29, 1.82) is 0 Å². The summed E-state index contributed by atoms with van der Waals surface area (Å²) in [5, 5.41) is 16.4. The molecule has 1 aromatic carbocycles. The number of carbonyl (C=O) groups excluding carboxylic acids is 1. The van der Waals surface area contributed by atoms with Gasteiger partial charge in [0.25, 0.3) is 0 Å². The SMILES string of the molecule is CC(NC(=O)[C@@H]1[C@H](C(=O)O)C1(C)C)c1ccccc1-n1cccn1. The molecule has 3 atom stereocenters. The third-order valence-corrected chi connectivity index (χ3v) is 4.89. The number of carboxylic acids is 1. The molecule has 1 aliphatic rings. The Morgan fingerprint density at radius 3 is 2.54 bits per heavy atom. The molecule has 2 aromatic rings. The first kappa shape index (κ1) is 16.2. The molecular formula is C18H21N3O3. The lowest BCUT2D eigenvalue weighted by atomic mass is 10.0. The second-order valence-corrected chi connectivity index (χ2v) is 6.85. The van der Waals surface area contributed by atoms with Crippen molar-refractivity contribution in [2.24, 2.45) is 17.3 Å². The summed E-state index contributed by atoms with van der Waals surface area (Å²) in [6, 6.07) is 9.29. The average molecular weight is 327 g/mol. The van der Waals surface area contributed by atoms with E-state index in [9.17, 15) is 14.7 Å². The number of amides is 1. The van der Waals surface area contributed by atoms with Gasteiger partial charge in [-0.2, -0.15) is 5.10 Å². The van der Waals surface area contributed by atoms with E-state index in [2.05, 4.69) is 10.4 Å². The Morgan fingerprint density at radius 1 is 1.25 bits per heavy atom. The molecule has 1 fully saturated rings. The van der Waals surface area contributed by atoms with Gasteiger partial charge in [-0.05, 0) is 30.0 Å². The zero-order valence-corrected chi connectivity index (χ0v) is 13.9. The largest absolute Gasteiger partial charge is 0.481 e. The second-order valence-electron chi connectivity index (χ2n) is 6.85. The summed E-state index contributed by atoms with van der Waals surface area (Å²) in [5.41, 5.74) is 1.32. The van der Waals surface area contributed by atoms with Crippen LogP contribution in [-0.2, 0) is 9.59 Å². The van der Waals surface area contributed by atoms with Gasteiger partial charge in [-0.1, -0.05) is 32.0 Å². The lowest BCUT2D eigenvalue weighted by Crippen LogP contribution is -2.30. The molecule has 1 heterocycles. The van der Waals surface area contributed by atoms with Crippen molar-refractivity contribution < 1.29 is 14.7 Å². The van der Waals surface area contributed by atoms with E-state index < -0.39 is 23.2 Å². The maximum atomic E-state index is 12.5. The Balaban J connectivity index is 1.78. The van der Waals surface area contributed by atoms with Crippen LogP contribution < -0.4 is 5.32 Å². The molecule has 2 N–H and O–H groups in total. The molecule has 1 unspecified atom stereocenters. The smallest absolute Gasteiger partial charge is 0.307 e. The van der Waals surface area contributed by atoms with Crippen LogP contribution in [0.25, 0.3) is 5.69 Å². The van der Waals surface area contributed by atoms with Crippen molar-refractivity contribution in [2.45, 2.75) is 26.8 Å². The Hall–Kier alpha value is -2.63. The molecule has 126 valence electrons. The maximum Gasteiger partial charge on any atom is 0.307 e. The number of nitrogens with one attached hydrogen (secondary N) is 1. The molecule has 0 spiro atoms. The van der Waals surface area contributed by atoms with Gasteiger partial charge in [-0.15, -0.1) is 0 Å². The quantitative estimate of drug-likeness (QED) is 0.883. The van der Waals surface area contributed by atoms with Crippen LogP contribution in [0.2, 0.25) is 0 Å². The van der Waals surface area contributed by atoms with Crippen LogP contribution >= 0.6 is 0 Å². The number of aromatic nitrogens is 2. The molecule has 1 aliphatic carbocycles. The number of rotatable bonds is 5. The monoisotopic (exact) mass is 327 g/mol. The number of benzene rings is 1. The lowest BCUT2D eigenvalue weighted by Gasteiger charge is -2.18. The van der Waals surface area contributed by atoms with E-state index in [1.54, 1.807) is 10.9 Å². The van der Waals surface area contributed by atoms with Gasteiger partial charge in [-0.25, -0.2) is 4.68 Å². The molecule has 3 rings (SSSR count). The Kier molecular flexibility index (Phi) is 3.91. The summed E-state index contributed by atoms with van der Waals surface area (Å²) >= 11 is 0. The number of carbonyl (C=O) groups is 2. The fourth-order valence-electron chi connectivity index (χ4n) is 3.44. The van der Waals surface area contributed by atoms with Crippen molar-refractivity contribution in [3.05, 3.63) is 48.3 Å². The van der Waals surface area contributed by atoms with Crippen molar-refractivity contribution in [1.82, 2.24) is 15.1 Å². The summed E-state index contributed by atoms with van der Waals surface area (Å²) in [4.78, 5) is 23.8. The Bertz CT molecular complexity index is 768. The van der Waals surface area contributed by atoms with Crippen molar-refractivity contribution in [3.8, 4) is 5.69 Å². The molecule has 0 bridgehead atoms. The summed E-state index contributed by atoms with van der Waals surface area (Å²) in [7, 11) is 0. The van der Waals surface area contributed by atoms with Crippen LogP contribution in [0.1, 0.15) is 32.4 Å². The van der Waals surface area contributed by atoms with Crippen LogP contribution in [-0.4, -0.2) is 26.8 Å². The minimum atomic E-state index is -0.912. The molecule has 0 radical (unpaired) electrons. The number of hydrogen-bond acceptors (Lipinski definition) is 3. The molecule has 0 aliphatic heterocycles. The highest BCUT2D eigenvalue weighted by Gasteiger charge is 2.65. The van der Waals surface area contributed by atoms with Crippen molar-refractivity contribution in [2.75, 3.05) is 0 Å². The number of nitrogens with zero attached hydrogens (tertiary/aromatic N) is 2. The number of para-hydroxylation sites is 1. The highest BCUT2D eigenvalue weighted by molar-refractivity contribution is 5.91. The van der Waals surface area contributed by atoms with Gasteiger partial charge < -0.3 is 10.4 Å². The van der Waals surface area contributed by atoms with Gasteiger partial charge in [0, 0.05) is 12.4 Å². The van der Waals surface area contributed by atoms with Crippen molar-refractivity contribution >= 4 is 11.9 Å². The molecule has 1 aromatic heterocycles. The fourth-order valence-corrected chi connectivity index (χ4v) is 3.44. The maximum absolute atomic E-state index is 12.5. The van der Waals surface area contributed by atoms with E-state index in [-0.39, 0.29) is 11.9 Å². The zero-order chi connectivity index (χ0) is 17.5. The van der Waals surface area contributed by atoms with E-state index in [1.807, 2.05) is 57.3 Å². The fraction of sp³-hybridized carbons (Fsp3) is 0.389. The average Bonchev–Trinajstić information content (AvgIpc) is 2.89. The van der Waals surface area contributed by atoms with E-state index in [1.165, 1.54) is 0 Å². The molecule has 0 saturated heterocycles.